The second-order valence-electron chi connectivity index (χ2n) is 6.53. The van der Waals surface area contributed by atoms with E-state index in [-0.39, 0.29) is 23.5 Å². The molecule has 0 aliphatic carbocycles. The molecule has 0 radical (unpaired) electrons. The molecule has 0 spiro atoms. The second-order valence-corrected chi connectivity index (χ2v) is 6.53. The van der Waals surface area contributed by atoms with E-state index in [1.165, 1.54) is 11.1 Å². The zero-order chi connectivity index (χ0) is 15.5. The lowest BCUT2D eigenvalue weighted by molar-refractivity contribution is -0.132. The molecule has 1 aliphatic rings. The Labute approximate surface area is 127 Å². The first kappa shape index (κ1) is 16.0. The minimum Gasteiger partial charge on any atom is -0.364 e. The molecule has 4 nitrogen and oxygen atoms in total. The molecule has 1 heterocycles. The highest BCUT2D eigenvalue weighted by Crippen LogP contribution is 2.23. The van der Waals surface area contributed by atoms with Crippen molar-refractivity contribution < 1.29 is 9.53 Å². The summed E-state index contributed by atoms with van der Waals surface area (Å²) in [7, 11) is 0. The fourth-order valence-corrected chi connectivity index (χ4v) is 2.60. The van der Waals surface area contributed by atoms with Crippen LogP contribution in [0.5, 0.6) is 0 Å². The summed E-state index contributed by atoms with van der Waals surface area (Å²) in [5.74, 6) is -0.0221. The van der Waals surface area contributed by atoms with E-state index in [0.717, 1.165) is 12.8 Å². The van der Waals surface area contributed by atoms with Crippen LogP contribution >= 0.6 is 0 Å². The van der Waals surface area contributed by atoms with Gasteiger partial charge < -0.3 is 15.8 Å². The van der Waals surface area contributed by atoms with Crippen molar-refractivity contribution in [1.82, 2.24) is 5.32 Å². The van der Waals surface area contributed by atoms with Gasteiger partial charge in [0, 0.05) is 18.5 Å². The van der Waals surface area contributed by atoms with E-state index in [1.54, 1.807) is 0 Å². The highest BCUT2D eigenvalue weighted by molar-refractivity contribution is 5.81. The van der Waals surface area contributed by atoms with Gasteiger partial charge in [0.2, 0.25) is 5.91 Å². The minimum atomic E-state index is -0.340. The van der Waals surface area contributed by atoms with Crippen molar-refractivity contribution in [1.29, 1.82) is 0 Å². The van der Waals surface area contributed by atoms with Crippen molar-refractivity contribution in [3.05, 3.63) is 35.4 Å². The normalized spacial score (nSPS) is 22.3. The van der Waals surface area contributed by atoms with Gasteiger partial charge in [0.05, 0.1) is 6.10 Å². The maximum absolute atomic E-state index is 12.2. The molecule has 3 N–H and O–H groups in total. The Morgan fingerprint density at radius 2 is 2.00 bits per heavy atom. The standard InChI is InChI=1S/C17H26N2O2/c1-12-4-6-13(7-5-12)17(2,3)11-19-16(20)15-9-8-14(10-18)21-15/h4-7,14-15H,8-11,18H2,1-3H3,(H,19,20)/t14-,15+/m1/s1. The molecular weight excluding hydrogens is 264 g/mol. The number of carbonyl (C=O) groups excluding carboxylic acids is 1. The average molecular weight is 290 g/mol. The zero-order valence-electron chi connectivity index (χ0n) is 13.2. The molecule has 0 unspecified atom stereocenters. The van der Waals surface area contributed by atoms with Gasteiger partial charge in [0.1, 0.15) is 6.10 Å². The number of rotatable bonds is 5. The lowest BCUT2D eigenvalue weighted by Gasteiger charge is -2.26. The third-order valence-corrected chi connectivity index (χ3v) is 4.20. The third-order valence-electron chi connectivity index (χ3n) is 4.20. The Hall–Kier alpha value is -1.39. The van der Waals surface area contributed by atoms with Gasteiger partial charge in [0.15, 0.2) is 0 Å². The van der Waals surface area contributed by atoms with Crippen LogP contribution in [0.4, 0.5) is 0 Å². The van der Waals surface area contributed by atoms with Crippen molar-refractivity contribution in [2.45, 2.75) is 51.2 Å². The number of nitrogens with one attached hydrogen (secondary N) is 1. The van der Waals surface area contributed by atoms with E-state index in [1.807, 2.05) is 0 Å². The summed E-state index contributed by atoms with van der Waals surface area (Å²) in [6.07, 6.45) is 1.33. The van der Waals surface area contributed by atoms with E-state index in [4.69, 9.17) is 10.5 Å². The van der Waals surface area contributed by atoms with Crippen molar-refractivity contribution in [2.75, 3.05) is 13.1 Å². The van der Waals surface area contributed by atoms with E-state index in [0.29, 0.717) is 13.1 Å². The van der Waals surface area contributed by atoms with Gasteiger partial charge in [0.25, 0.3) is 0 Å². The lowest BCUT2D eigenvalue weighted by atomic mass is 9.84. The van der Waals surface area contributed by atoms with Gasteiger partial charge in [-0.05, 0) is 25.3 Å². The van der Waals surface area contributed by atoms with Crippen molar-refractivity contribution >= 4 is 5.91 Å². The van der Waals surface area contributed by atoms with Gasteiger partial charge in [-0.25, -0.2) is 0 Å². The Morgan fingerprint density at radius 1 is 1.33 bits per heavy atom. The quantitative estimate of drug-likeness (QED) is 0.870. The van der Waals surface area contributed by atoms with Crippen molar-refractivity contribution in [3.63, 3.8) is 0 Å². The first-order valence-electron chi connectivity index (χ1n) is 7.63. The maximum Gasteiger partial charge on any atom is 0.249 e. The fraction of sp³-hybridized carbons (Fsp3) is 0.588. The Morgan fingerprint density at radius 3 is 2.57 bits per heavy atom. The molecule has 0 saturated carbocycles. The van der Waals surface area contributed by atoms with Gasteiger partial charge in [-0.2, -0.15) is 0 Å². The van der Waals surface area contributed by atoms with Crippen LogP contribution in [0, 0.1) is 6.92 Å². The van der Waals surface area contributed by atoms with Crippen LogP contribution in [0.2, 0.25) is 0 Å². The van der Waals surface area contributed by atoms with Gasteiger partial charge >= 0.3 is 0 Å². The summed E-state index contributed by atoms with van der Waals surface area (Å²) in [5.41, 5.74) is 7.93. The maximum atomic E-state index is 12.2. The first-order valence-corrected chi connectivity index (χ1v) is 7.63. The summed E-state index contributed by atoms with van der Waals surface area (Å²) >= 11 is 0. The van der Waals surface area contributed by atoms with E-state index >= 15 is 0 Å². The highest BCUT2D eigenvalue weighted by atomic mass is 16.5. The number of nitrogens with two attached hydrogens (primary N) is 1. The summed E-state index contributed by atoms with van der Waals surface area (Å²) < 4.78 is 5.62. The summed E-state index contributed by atoms with van der Waals surface area (Å²) in [5, 5.41) is 3.02. The van der Waals surface area contributed by atoms with Gasteiger partial charge in [-0.3, -0.25) is 4.79 Å². The first-order chi connectivity index (χ1) is 9.92. The van der Waals surface area contributed by atoms with Crippen LogP contribution in [0.25, 0.3) is 0 Å². The molecule has 1 aromatic carbocycles. The van der Waals surface area contributed by atoms with E-state index in [2.05, 4.69) is 50.4 Å². The molecule has 1 amide bonds. The Bertz CT molecular complexity index is 482. The molecule has 2 atom stereocenters. The number of hydrogen-bond donors (Lipinski definition) is 2. The summed E-state index contributed by atoms with van der Waals surface area (Å²) in [6, 6.07) is 8.45. The second kappa shape index (κ2) is 6.58. The summed E-state index contributed by atoms with van der Waals surface area (Å²) in [4.78, 5) is 12.2. The van der Waals surface area contributed by atoms with Crippen LogP contribution in [0.3, 0.4) is 0 Å². The van der Waals surface area contributed by atoms with Gasteiger partial charge in [-0.1, -0.05) is 43.7 Å². The molecule has 1 fully saturated rings. The number of hydrogen-bond acceptors (Lipinski definition) is 3. The predicted molar refractivity (Wildman–Crippen MR) is 84.2 cm³/mol. The lowest BCUT2D eigenvalue weighted by Crippen LogP contribution is -2.42. The molecule has 116 valence electrons. The van der Waals surface area contributed by atoms with Gasteiger partial charge in [-0.15, -0.1) is 0 Å². The van der Waals surface area contributed by atoms with Crippen LogP contribution in [-0.4, -0.2) is 31.2 Å². The number of ether oxygens (including phenoxy) is 1. The molecule has 0 bridgehead atoms. The molecule has 21 heavy (non-hydrogen) atoms. The van der Waals surface area contributed by atoms with Crippen LogP contribution in [0.1, 0.15) is 37.8 Å². The highest BCUT2D eigenvalue weighted by Gasteiger charge is 2.31. The van der Waals surface area contributed by atoms with Crippen molar-refractivity contribution in [2.24, 2.45) is 5.73 Å². The largest absolute Gasteiger partial charge is 0.364 e. The molecular formula is C17H26N2O2. The molecule has 4 heteroatoms. The van der Waals surface area contributed by atoms with E-state index < -0.39 is 0 Å². The Kier molecular flexibility index (Phi) is 5.01. The van der Waals surface area contributed by atoms with Crippen LogP contribution in [0.15, 0.2) is 24.3 Å². The zero-order valence-corrected chi connectivity index (χ0v) is 13.2. The molecule has 2 rings (SSSR count). The summed E-state index contributed by atoms with van der Waals surface area (Å²) in [6.45, 7) is 7.43. The fourth-order valence-electron chi connectivity index (χ4n) is 2.60. The molecule has 0 aromatic heterocycles. The molecule has 1 aromatic rings. The Balaban J connectivity index is 1.89. The van der Waals surface area contributed by atoms with Crippen LogP contribution in [-0.2, 0) is 14.9 Å². The average Bonchev–Trinajstić information content (AvgIpc) is 2.94. The SMILES string of the molecule is Cc1ccc(C(C)(C)CNC(=O)[C@@H]2CC[C@H](CN)O2)cc1. The topological polar surface area (TPSA) is 64.4 Å². The van der Waals surface area contributed by atoms with E-state index in [9.17, 15) is 4.79 Å². The molecule has 1 aliphatic heterocycles. The minimum absolute atomic E-state index is 0.0221. The predicted octanol–water partition coefficient (Wildman–Crippen LogP) is 1.90. The van der Waals surface area contributed by atoms with Crippen molar-refractivity contribution in [3.8, 4) is 0 Å². The monoisotopic (exact) mass is 290 g/mol. The smallest absolute Gasteiger partial charge is 0.249 e. The van der Waals surface area contributed by atoms with Crippen LogP contribution < -0.4 is 11.1 Å². The number of benzene rings is 1. The third kappa shape index (κ3) is 4.05. The number of carbonyl (C=O) groups is 1. The molecule has 1 saturated heterocycles. The number of amides is 1. The number of aryl methyl sites for hydroxylation is 1.